The first-order chi connectivity index (χ1) is 6.65. The molecule has 82 valence electrons. The summed E-state index contributed by atoms with van der Waals surface area (Å²) in [5.41, 5.74) is 0. The third-order valence-electron chi connectivity index (χ3n) is 4.03. The van der Waals surface area contributed by atoms with Crippen LogP contribution in [0.5, 0.6) is 0 Å². The van der Waals surface area contributed by atoms with Crippen molar-refractivity contribution in [1.82, 2.24) is 0 Å². The second kappa shape index (κ2) is 5.68. The zero-order valence-corrected chi connectivity index (χ0v) is 10.5. The number of rotatable bonds is 7. The van der Waals surface area contributed by atoms with Gasteiger partial charge in [-0.1, -0.05) is 32.6 Å². The summed E-state index contributed by atoms with van der Waals surface area (Å²) in [5.74, 6) is 4.51. The van der Waals surface area contributed by atoms with Crippen LogP contribution < -0.4 is 0 Å². The Bertz CT molecular complexity index is 144. The van der Waals surface area contributed by atoms with E-state index >= 15 is 0 Å². The van der Waals surface area contributed by atoms with E-state index < -0.39 is 0 Å². The minimum atomic E-state index is 0.833. The van der Waals surface area contributed by atoms with Crippen molar-refractivity contribution < 1.29 is 0 Å². The van der Waals surface area contributed by atoms with E-state index in [9.17, 15) is 0 Å². The number of hydrogen-bond acceptors (Lipinski definition) is 0. The van der Waals surface area contributed by atoms with E-state index in [-0.39, 0.29) is 0 Å². The van der Waals surface area contributed by atoms with Crippen molar-refractivity contribution in [3.05, 3.63) is 5.92 Å². The lowest BCUT2D eigenvalue weighted by Crippen LogP contribution is -2.15. The third kappa shape index (κ3) is 3.94. The molecule has 1 aliphatic carbocycles. The highest BCUT2D eigenvalue weighted by Gasteiger charge is 2.27. The molecule has 0 bridgehead atoms. The molecule has 0 radical (unpaired) electrons. The van der Waals surface area contributed by atoms with Gasteiger partial charge in [-0.15, -0.1) is 0 Å². The van der Waals surface area contributed by atoms with E-state index in [0.29, 0.717) is 0 Å². The Morgan fingerprint density at radius 3 is 2.36 bits per heavy atom. The average molecular weight is 195 g/mol. The summed E-state index contributed by atoms with van der Waals surface area (Å²) < 4.78 is 0. The van der Waals surface area contributed by atoms with Crippen LogP contribution in [0.15, 0.2) is 0 Å². The maximum atomic E-state index is 2.40. The fourth-order valence-electron chi connectivity index (χ4n) is 2.35. The van der Waals surface area contributed by atoms with Crippen molar-refractivity contribution >= 4 is 0 Å². The molecule has 14 heavy (non-hydrogen) atoms. The van der Waals surface area contributed by atoms with Crippen molar-refractivity contribution in [3.63, 3.8) is 0 Å². The first kappa shape index (κ1) is 11.9. The highest BCUT2D eigenvalue weighted by Crippen LogP contribution is 2.36. The van der Waals surface area contributed by atoms with Crippen molar-refractivity contribution in [3.8, 4) is 0 Å². The first-order valence-electron chi connectivity index (χ1n) is 6.45. The molecule has 0 saturated heterocycles. The molecule has 2 unspecified atom stereocenters. The Labute approximate surface area is 90.5 Å². The highest BCUT2D eigenvalue weighted by atomic mass is 14.3. The maximum Gasteiger partial charge on any atom is 0.0996 e. The molecular weight excluding hydrogens is 168 g/mol. The van der Waals surface area contributed by atoms with Gasteiger partial charge in [0, 0.05) is 5.92 Å². The quantitative estimate of drug-likeness (QED) is 0.510. The van der Waals surface area contributed by atoms with Crippen LogP contribution in [0, 0.1) is 23.7 Å². The van der Waals surface area contributed by atoms with E-state index in [0.717, 1.165) is 17.8 Å². The summed E-state index contributed by atoms with van der Waals surface area (Å²) in [6.07, 6.45) is 8.83. The summed E-state index contributed by atoms with van der Waals surface area (Å²) in [6, 6.07) is 0. The second-order valence-corrected chi connectivity index (χ2v) is 5.41. The van der Waals surface area contributed by atoms with Gasteiger partial charge < -0.3 is 0 Å². The Balaban J connectivity index is 2.15. The zero-order chi connectivity index (χ0) is 10.6. The predicted octanol–water partition coefficient (Wildman–Crippen LogP) is 4.84. The van der Waals surface area contributed by atoms with E-state index in [2.05, 4.69) is 27.7 Å². The fraction of sp³-hybridized carbons (Fsp3) is 0.929. The minimum absolute atomic E-state index is 0.833. The zero-order valence-electron chi connectivity index (χ0n) is 10.5. The predicted molar refractivity (Wildman–Crippen MR) is 64.1 cm³/mol. The Morgan fingerprint density at radius 2 is 1.93 bits per heavy atom. The SMILES string of the molecule is CCC(CCCC1CC1)C(C)[C+](C)C. The molecule has 0 nitrogen and oxygen atoms in total. The van der Waals surface area contributed by atoms with Gasteiger partial charge in [0.15, 0.2) is 0 Å². The van der Waals surface area contributed by atoms with Gasteiger partial charge in [-0.05, 0) is 25.7 Å². The van der Waals surface area contributed by atoms with Crippen LogP contribution >= 0.6 is 0 Å². The maximum absolute atomic E-state index is 2.40. The standard InChI is InChI=1S/C14H27/c1-5-14(12(4)11(2)3)8-6-7-13-9-10-13/h12-14H,5-10H2,1-4H3/q+1. The van der Waals surface area contributed by atoms with Crippen molar-refractivity contribution in [2.75, 3.05) is 0 Å². The van der Waals surface area contributed by atoms with Crippen LogP contribution in [0.4, 0.5) is 0 Å². The van der Waals surface area contributed by atoms with E-state index in [4.69, 9.17) is 0 Å². The molecular formula is C14H27+. The summed E-state index contributed by atoms with van der Waals surface area (Å²) >= 11 is 0. The van der Waals surface area contributed by atoms with E-state index in [1.165, 1.54) is 38.5 Å². The van der Waals surface area contributed by atoms with Gasteiger partial charge in [0.25, 0.3) is 0 Å². The Kier molecular flexibility index (Phi) is 4.84. The number of hydrogen-bond donors (Lipinski definition) is 0. The van der Waals surface area contributed by atoms with Crippen molar-refractivity contribution in [2.45, 2.75) is 66.2 Å². The minimum Gasteiger partial charge on any atom is -0.0649 e. The summed E-state index contributed by atoms with van der Waals surface area (Å²) in [5, 5.41) is 0. The molecule has 0 heterocycles. The lowest BCUT2D eigenvalue weighted by atomic mass is 9.80. The van der Waals surface area contributed by atoms with Crippen LogP contribution in [0.2, 0.25) is 0 Å². The Morgan fingerprint density at radius 1 is 1.29 bits per heavy atom. The molecule has 0 spiro atoms. The van der Waals surface area contributed by atoms with Crippen LogP contribution in [0.25, 0.3) is 0 Å². The van der Waals surface area contributed by atoms with Gasteiger partial charge in [0.05, 0.1) is 25.7 Å². The van der Waals surface area contributed by atoms with E-state index in [1.54, 1.807) is 5.92 Å². The van der Waals surface area contributed by atoms with Gasteiger partial charge in [-0.25, -0.2) is 0 Å². The topological polar surface area (TPSA) is 0 Å². The first-order valence-corrected chi connectivity index (χ1v) is 6.45. The van der Waals surface area contributed by atoms with Crippen LogP contribution in [-0.4, -0.2) is 0 Å². The van der Waals surface area contributed by atoms with Gasteiger partial charge in [0.1, 0.15) is 0 Å². The molecule has 1 saturated carbocycles. The molecule has 0 heteroatoms. The summed E-state index contributed by atoms with van der Waals surface area (Å²) in [4.78, 5) is 0. The Hall–Kier alpha value is -0.130. The summed E-state index contributed by atoms with van der Waals surface area (Å²) in [7, 11) is 0. The third-order valence-corrected chi connectivity index (χ3v) is 4.03. The van der Waals surface area contributed by atoms with Crippen LogP contribution in [0.1, 0.15) is 66.2 Å². The van der Waals surface area contributed by atoms with Gasteiger partial charge in [-0.2, -0.15) is 0 Å². The second-order valence-electron chi connectivity index (χ2n) is 5.41. The average Bonchev–Trinajstić information content (AvgIpc) is 2.95. The van der Waals surface area contributed by atoms with E-state index in [1.807, 2.05) is 0 Å². The molecule has 0 aromatic rings. The monoisotopic (exact) mass is 195 g/mol. The van der Waals surface area contributed by atoms with Crippen molar-refractivity contribution in [2.24, 2.45) is 17.8 Å². The molecule has 1 rings (SSSR count). The molecule has 0 aromatic heterocycles. The molecule has 0 N–H and O–H groups in total. The van der Waals surface area contributed by atoms with Gasteiger partial charge in [0.2, 0.25) is 0 Å². The van der Waals surface area contributed by atoms with Crippen LogP contribution in [0.3, 0.4) is 0 Å². The smallest absolute Gasteiger partial charge is 0.0649 e. The molecule has 2 atom stereocenters. The van der Waals surface area contributed by atoms with Crippen LogP contribution in [-0.2, 0) is 0 Å². The lowest BCUT2D eigenvalue weighted by Gasteiger charge is -2.19. The van der Waals surface area contributed by atoms with Crippen molar-refractivity contribution in [1.29, 1.82) is 0 Å². The highest BCUT2D eigenvalue weighted by molar-refractivity contribution is 4.88. The fourth-order valence-corrected chi connectivity index (χ4v) is 2.35. The molecule has 0 aliphatic heterocycles. The summed E-state index contributed by atoms with van der Waals surface area (Å²) in [6.45, 7) is 9.32. The lowest BCUT2D eigenvalue weighted by molar-refractivity contribution is 0.325. The van der Waals surface area contributed by atoms with Gasteiger partial charge in [-0.3, -0.25) is 0 Å². The van der Waals surface area contributed by atoms with Gasteiger partial charge >= 0.3 is 0 Å². The largest absolute Gasteiger partial charge is 0.0996 e. The molecule has 0 aromatic carbocycles. The molecule has 0 amide bonds. The molecule has 1 fully saturated rings. The molecule has 1 aliphatic rings. The normalized spacial score (nSPS) is 20.6.